The minimum atomic E-state index is -2.97. The van der Waals surface area contributed by atoms with Gasteiger partial charge < -0.3 is 10.6 Å². The molecule has 6 heteroatoms. The molecule has 0 spiro atoms. The standard InChI is InChI=1S/C13H22N2O3S/c16-13(10-3-4-19(17,18)8-10)15-12-2-1-9-6-14-7-11(9)5-12/h9-12,14H,1-8H2,(H,15,16)/t9-,10?,11+,12?/m0/s1. The van der Waals surface area contributed by atoms with Gasteiger partial charge in [0.15, 0.2) is 9.84 Å². The zero-order valence-corrected chi connectivity index (χ0v) is 11.9. The Morgan fingerprint density at radius 1 is 1.11 bits per heavy atom. The number of carbonyl (C=O) groups excluding carboxylic acids is 1. The zero-order chi connectivity index (χ0) is 13.5. The molecule has 2 aliphatic heterocycles. The molecule has 3 aliphatic rings. The lowest BCUT2D eigenvalue weighted by molar-refractivity contribution is -0.125. The first-order valence-corrected chi connectivity index (χ1v) is 9.07. The van der Waals surface area contributed by atoms with Crippen molar-refractivity contribution in [1.82, 2.24) is 10.6 Å². The van der Waals surface area contributed by atoms with Crippen LogP contribution in [-0.4, -0.2) is 45.0 Å². The van der Waals surface area contributed by atoms with E-state index in [0.29, 0.717) is 12.3 Å². The number of carbonyl (C=O) groups is 1. The SMILES string of the molecule is O=C(NC1CC[C@H]2CNC[C@H]2C1)C1CCS(=O)(=O)C1. The lowest BCUT2D eigenvalue weighted by atomic mass is 9.79. The van der Waals surface area contributed by atoms with Crippen molar-refractivity contribution < 1.29 is 13.2 Å². The van der Waals surface area contributed by atoms with Crippen LogP contribution < -0.4 is 10.6 Å². The molecule has 2 unspecified atom stereocenters. The second-order valence-electron chi connectivity index (χ2n) is 6.30. The molecule has 1 saturated carbocycles. The van der Waals surface area contributed by atoms with E-state index in [0.717, 1.165) is 31.8 Å². The fourth-order valence-electron chi connectivity index (χ4n) is 3.75. The van der Waals surface area contributed by atoms with E-state index in [1.165, 1.54) is 6.42 Å². The van der Waals surface area contributed by atoms with E-state index in [-0.39, 0.29) is 29.4 Å². The van der Waals surface area contributed by atoms with Gasteiger partial charge >= 0.3 is 0 Å². The monoisotopic (exact) mass is 286 g/mol. The Bertz CT molecular complexity index is 463. The van der Waals surface area contributed by atoms with Gasteiger partial charge in [0, 0.05) is 6.04 Å². The van der Waals surface area contributed by atoms with E-state index in [1.54, 1.807) is 0 Å². The molecule has 2 saturated heterocycles. The van der Waals surface area contributed by atoms with Crippen molar-refractivity contribution >= 4 is 15.7 Å². The third kappa shape index (κ3) is 2.94. The molecular formula is C13H22N2O3S. The van der Waals surface area contributed by atoms with Crippen molar-refractivity contribution in [1.29, 1.82) is 0 Å². The Kier molecular flexibility index (Phi) is 3.55. The molecule has 3 fully saturated rings. The average Bonchev–Trinajstić information content (AvgIpc) is 2.94. The zero-order valence-electron chi connectivity index (χ0n) is 11.1. The smallest absolute Gasteiger partial charge is 0.224 e. The molecule has 2 N–H and O–H groups in total. The van der Waals surface area contributed by atoms with Gasteiger partial charge in [0.05, 0.1) is 17.4 Å². The highest BCUT2D eigenvalue weighted by atomic mass is 32.2. The Hall–Kier alpha value is -0.620. The minimum absolute atomic E-state index is 0.0408. The molecule has 2 heterocycles. The van der Waals surface area contributed by atoms with Crippen LogP contribution in [0, 0.1) is 17.8 Å². The van der Waals surface area contributed by atoms with Crippen molar-refractivity contribution in [3.63, 3.8) is 0 Å². The molecule has 0 aromatic carbocycles. The maximum Gasteiger partial charge on any atom is 0.224 e. The number of fused-ring (bicyclic) bond motifs is 1. The van der Waals surface area contributed by atoms with E-state index >= 15 is 0 Å². The van der Waals surface area contributed by atoms with Crippen LogP contribution in [0.25, 0.3) is 0 Å². The number of rotatable bonds is 2. The maximum atomic E-state index is 12.1. The lowest BCUT2D eigenvalue weighted by Crippen LogP contribution is -2.43. The summed E-state index contributed by atoms with van der Waals surface area (Å²) in [6.45, 7) is 2.18. The number of hydrogen-bond acceptors (Lipinski definition) is 4. The molecule has 1 aliphatic carbocycles. The first-order valence-electron chi connectivity index (χ1n) is 7.25. The predicted octanol–water partition coefficient (Wildman–Crippen LogP) is -0.0746. The molecule has 1 amide bonds. The predicted molar refractivity (Wildman–Crippen MR) is 72.4 cm³/mol. The molecule has 4 atom stereocenters. The van der Waals surface area contributed by atoms with Crippen molar-refractivity contribution in [3.05, 3.63) is 0 Å². The Labute approximate surface area is 114 Å². The van der Waals surface area contributed by atoms with Crippen LogP contribution in [-0.2, 0) is 14.6 Å². The van der Waals surface area contributed by atoms with E-state index in [9.17, 15) is 13.2 Å². The summed E-state index contributed by atoms with van der Waals surface area (Å²) in [5.74, 6) is 1.31. The number of sulfone groups is 1. The summed E-state index contributed by atoms with van der Waals surface area (Å²) in [5.41, 5.74) is 0. The summed E-state index contributed by atoms with van der Waals surface area (Å²) < 4.78 is 22.8. The van der Waals surface area contributed by atoms with Crippen molar-refractivity contribution in [2.24, 2.45) is 17.8 Å². The molecule has 108 valence electrons. The van der Waals surface area contributed by atoms with Crippen LogP contribution in [0.1, 0.15) is 25.7 Å². The maximum absolute atomic E-state index is 12.1. The fraction of sp³-hybridized carbons (Fsp3) is 0.923. The van der Waals surface area contributed by atoms with Crippen molar-refractivity contribution in [3.8, 4) is 0 Å². The van der Waals surface area contributed by atoms with Gasteiger partial charge in [0.1, 0.15) is 0 Å². The quantitative estimate of drug-likeness (QED) is 0.745. The molecule has 19 heavy (non-hydrogen) atoms. The van der Waals surface area contributed by atoms with Crippen LogP contribution in [0.3, 0.4) is 0 Å². The van der Waals surface area contributed by atoms with E-state index in [4.69, 9.17) is 0 Å². The van der Waals surface area contributed by atoms with Crippen molar-refractivity contribution in [2.45, 2.75) is 31.7 Å². The van der Waals surface area contributed by atoms with Gasteiger partial charge in [-0.1, -0.05) is 0 Å². The summed E-state index contributed by atoms with van der Waals surface area (Å²) in [7, 11) is -2.97. The lowest BCUT2D eigenvalue weighted by Gasteiger charge is -2.32. The first-order chi connectivity index (χ1) is 9.03. The highest BCUT2D eigenvalue weighted by Gasteiger charge is 2.37. The fourth-order valence-corrected chi connectivity index (χ4v) is 5.49. The van der Waals surface area contributed by atoms with Crippen molar-refractivity contribution in [2.75, 3.05) is 24.6 Å². The average molecular weight is 286 g/mol. The molecule has 5 nitrogen and oxygen atoms in total. The minimum Gasteiger partial charge on any atom is -0.353 e. The first kappa shape index (κ1) is 13.4. The van der Waals surface area contributed by atoms with Gasteiger partial charge in [-0.15, -0.1) is 0 Å². The number of amides is 1. The van der Waals surface area contributed by atoms with Gasteiger partial charge in [0.2, 0.25) is 5.91 Å². The normalized spacial score (nSPS) is 40.8. The molecule has 0 bridgehead atoms. The molecule has 0 aromatic rings. The Morgan fingerprint density at radius 2 is 1.89 bits per heavy atom. The highest BCUT2D eigenvalue weighted by Crippen LogP contribution is 2.32. The van der Waals surface area contributed by atoms with E-state index in [2.05, 4.69) is 10.6 Å². The molecule has 3 rings (SSSR count). The van der Waals surface area contributed by atoms with Gasteiger partial charge in [-0.3, -0.25) is 4.79 Å². The van der Waals surface area contributed by atoms with Gasteiger partial charge in [-0.2, -0.15) is 0 Å². The summed E-state index contributed by atoms with van der Waals surface area (Å²) >= 11 is 0. The van der Waals surface area contributed by atoms with Crippen LogP contribution >= 0.6 is 0 Å². The molecule has 0 aromatic heterocycles. The van der Waals surface area contributed by atoms with E-state index < -0.39 is 9.84 Å². The second-order valence-corrected chi connectivity index (χ2v) is 8.53. The topological polar surface area (TPSA) is 75.3 Å². The number of hydrogen-bond donors (Lipinski definition) is 2. The van der Waals surface area contributed by atoms with Gasteiger partial charge in [0.25, 0.3) is 0 Å². The summed E-state index contributed by atoms with van der Waals surface area (Å²) in [4.78, 5) is 12.1. The van der Waals surface area contributed by atoms with Crippen LogP contribution in [0.15, 0.2) is 0 Å². The molecular weight excluding hydrogens is 264 g/mol. The summed E-state index contributed by atoms with van der Waals surface area (Å²) in [6, 6.07) is 0.247. The Morgan fingerprint density at radius 3 is 2.63 bits per heavy atom. The molecule has 0 radical (unpaired) electrons. The second kappa shape index (κ2) is 5.05. The van der Waals surface area contributed by atoms with Gasteiger partial charge in [-0.25, -0.2) is 8.42 Å². The van der Waals surface area contributed by atoms with Crippen LogP contribution in [0.2, 0.25) is 0 Å². The Balaban J connectivity index is 1.53. The third-order valence-corrected chi connectivity index (χ3v) is 6.67. The number of nitrogens with one attached hydrogen (secondary N) is 2. The largest absolute Gasteiger partial charge is 0.353 e. The van der Waals surface area contributed by atoms with Gasteiger partial charge in [-0.05, 0) is 50.6 Å². The van der Waals surface area contributed by atoms with Crippen LogP contribution in [0.4, 0.5) is 0 Å². The van der Waals surface area contributed by atoms with E-state index in [1.807, 2.05) is 0 Å². The summed E-state index contributed by atoms with van der Waals surface area (Å²) in [6.07, 6.45) is 3.75. The van der Waals surface area contributed by atoms with Crippen LogP contribution in [0.5, 0.6) is 0 Å². The highest BCUT2D eigenvalue weighted by molar-refractivity contribution is 7.91. The third-order valence-electron chi connectivity index (χ3n) is 4.90. The summed E-state index contributed by atoms with van der Waals surface area (Å²) in [5, 5.41) is 6.49.